The Balaban J connectivity index is 2.31. The highest BCUT2D eigenvalue weighted by Crippen LogP contribution is 2.51. The molecule has 86 valence electrons. The van der Waals surface area contributed by atoms with Gasteiger partial charge in [-0.25, -0.2) is 0 Å². The number of rotatable bonds is 0. The van der Waals surface area contributed by atoms with E-state index in [0.29, 0.717) is 5.75 Å². The smallest absolute Gasteiger partial charge is 0.244 e. The van der Waals surface area contributed by atoms with Crippen molar-refractivity contribution < 1.29 is 9.84 Å². The van der Waals surface area contributed by atoms with E-state index in [1.807, 2.05) is 30.3 Å². The van der Waals surface area contributed by atoms with Crippen molar-refractivity contribution in [3.63, 3.8) is 0 Å². The summed E-state index contributed by atoms with van der Waals surface area (Å²) in [5.41, 5.74) is 3.08. The number of ether oxygens (including phenoxy) is 1. The summed E-state index contributed by atoms with van der Waals surface area (Å²) in [6.45, 7) is 0. The summed E-state index contributed by atoms with van der Waals surface area (Å²) in [5, 5.41) is 9.50. The zero-order valence-corrected chi connectivity index (χ0v) is 11.8. The van der Waals surface area contributed by atoms with Crippen LogP contribution in [0.1, 0.15) is 5.56 Å². The minimum atomic E-state index is -0.739. The minimum absolute atomic E-state index is 0.193. The van der Waals surface area contributed by atoms with Crippen molar-refractivity contribution in [1.82, 2.24) is 0 Å². The van der Waals surface area contributed by atoms with E-state index < -0.39 is 3.42 Å². The SMILES string of the molecule is Oc1ccc2c(c1)OC(Br)(Br)c1ccccc1-2. The van der Waals surface area contributed by atoms with Gasteiger partial charge in [-0.1, -0.05) is 24.3 Å². The highest BCUT2D eigenvalue weighted by molar-refractivity contribution is 9.24. The molecule has 2 aromatic carbocycles. The van der Waals surface area contributed by atoms with E-state index in [4.69, 9.17) is 4.74 Å². The third-order valence-electron chi connectivity index (χ3n) is 2.73. The number of fused-ring (bicyclic) bond motifs is 3. The molecule has 0 unspecified atom stereocenters. The van der Waals surface area contributed by atoms with Gasteiger partial charge in [-0.3, -0.25) is 0 Å². The zero-order chi connectivity index (χ0) is 12.0. The largest absolute Gasteiger partial charge is 0.508 e. The van der Waals surface area contributed by atoms with Crippen molar-refractivity contribution >= 4 is 31.9 Å². The first-order chi connectivity index (χ1) is 8.08. The van der Waals surface area contributed by atoms with E-state index in [1.54, 1.807) is 12.1 Å². The number of benzene rings is 2. The Labute approximate surface area is 115 Å². The first kappa shape index (κ1) is 11.1. The van der Waals surface area contributed by atoms with E-state index in [0.717, 1.165) is 16.7 Å². The molecule has 1 aliphatic rings. The van der Waals surface area contributed by atoms with E-state index in [2.05, 4.69) is 31.9 Å². The van der Waals surface area contributed by atoms with Crippen LogP contribution in [0.25, 0.3) is 11.1 Å². The highest BCUT2D eigenvalue weighted by Gasteiger charge is 2.35. The van der Waals surface area contributed by atoms with Gasteiger partial charge in [0.2, 0.25) is 3.42 Å². The van der Waals surface area contributed by atoms with Gasteiger partial charge in [0, 0.05) is 17.2 Å². The summed E-state index contributed by atoms with van der Waals surface area (Å²) in [4.78, 5) is 0. The van der Waals surface area contributed by atoms with Crippen molar-refractivity contribution in [2.45, 2.75) is 3.42 Å². The molecule has 17 heavy (non-hydrogen) atoms. The Kier molecular flexibility index (Phi) is 2.45. The van der Waals surface area contributed by atoms with Gasteiger partial charge >= 0.3 is 0 Å². The molecule has 1 N–H and O–H groups in total. The molecule has 2 aromatic rings. The van der Waals surface area contributed by atoms with Gasteiger partial charge < -0.3 is 9.84 Å². The number of phenolic OH excluding ortho intramolecular Hbond substituents is 1. The molecule has 1 aliphatic heterocycles. The lowest BCUT2D eigenvalue weighted by Gasteiger charge is -2.31. The van der Waals surface area contributed by atoms with Gasteiger partial charge in [-0.05, 0) is 49.6 Å². The molecule has 0 fully saturated rings. The lowest BCUT2D eigenvalue weighted by Crippen LogP contribution is -2.22. The maximum atomic E-state index is 9.50. The van der Waals surface area contributed by atoms with Gasteiger partial charge in [-0.2, -0.15) is 0 Å². The number of phenols is 1. The van der Waals surface area contributed by atoms with Crippen molar-refractivity contribution in [1.29, 1.82) is 0 Å². The number of hydrogen-bond acceptors (Lipinski definition) is 2. The maximum Gasteiger partial charge on any atom is 0.244 e. The number of aromatic hydroxyl groups is 1. The van der Waals surface area contributed by atoms with Gasteiger partial charge in [0.15, 0.2) is 0 Å². The second kappa shape index (κ2) is 3.75. The van der Waals surface area contributed by atoms with Gasteiger partial charge in [-0.15, -0.1) is 0 Å². The predicted molar refractivity (Wildman–Crippen MR) is 73.7 cm³/mol. The molecule has 0 atom stereocenters. The van der Waals surface area contributed by atoms with Crippen molar-refractivity contribution in [2.24, 2.45) is 0 Å². The fraction of sp³-hybridized carbons (Fsp3) is 0.0769. The van der Waals surface area contributed by atoms with Crippen LogP contribution >= 0.6 is 31.9 Å². The summed E-state index contributed by atoms with van der Waals surface area (Å²) in [7, 11) is 0. The first-order valence-corrected chi connectivity index (χ1v) is 6.66. The number of halogens is 2. The second-order valence-corrected chi connectivity index (χ2v) is 7.14. The van der Waals surface area contributed by atoms with Crippen LogP contribution in [-0.2, 0) is 3.42 Å². The van der Waals surface area contributed by atoms with Crippen LogP contribution in [0.2, 0.25) is 0 Å². The fourth-order valence-corrected chi connectivity index (χ4v) is 3.02. The molecule has 0 aliphatic carbocycles. The Bertz CT molecular complexity index is 594. The van der Waals surface area contributed by atoms with Gasteiger partial charge in [0.25, 0.3) is 0 Å². The van der Waals surface area contributed by atoms with E-state index in [9.17, 15) is 5.11 Å². The van der Waals surface area contributed by atoms with Crippen LogP contribution in [-0.4, -0.2) is 5.11 Å². The topological polar surface area (TPSA) is 29.5 Å². The van der Waals surface area contributed by atoms with E-state index in [-0.39, 0.29) is 5.75 Å². The van der Waals surface area contributed by atoms with Crippen LogP contribution < -0.4 is 4.74 Å². The van der Waals surface area contributed by atoms with Crippen LogP contribution in [0.15, 0.2) is 42.5 Å². The maximum absolute atomic E-state index is 9.50. The number of hydrogen-bond donors (Lipinski definition) is 1. The van der Waals surface area contributed by atoms with Crippen LogP contribution in [0.3, 0.4) is 0 Å². The molecule has 0 aromatic heterocycles. The molecule has 3 rings (SSSR count). The summed E-state index contributed by atoms with van der Waals surface area (Å²) in [6.07, 6.45) is 0. The van der Waals surface area contributed by atoms with E-state index >= 15 is 0 Å². The molecule has 0 spiro atoms. The fourth-order valence-electron chi connectivity index (χ4n) is 1.98. The monoisotopic (exact) mass is 354 g/mol. The molecule has 0 radical (unpaired) electrons. The molecular formula is C13H8Br2O2. The normalized spacial score (nSPS) is 15.6. The molecule has 2 nitrogen and oxygen atoms in total. The summed E-state index contributed by atoms with van der Waals surface area (Å²) < 4.78 is 5.06. The highest BCUT2D eigenvalue weighted by atomic mass is 79.9. The van der Waals surface area contributed by atoms with Gasteiger partial charge in [0.1, 0.15) is 11.5 Å². The molecule has 0 saturated heterocycles. The quantitative estimate of drug-likeness (QED) is 0.712. The summed E-state index contributed by atoms with van der Waals surface area (Å²) in [6, 6.07) is 13.1. The van der Waals surface area contributed by atoms with Crippen LogP contribution in [0, 0.1) is 0 Å². The van der Waals surface area contributed by atoms with Crippen molar-refractivity contribution in [3.05, 3.63) is 48.0 Å². The third kappa shape index (κ3) is 1.76. The average Bonchev–Trinajstić information content (AvgIpc) is 2.28. The zero-order valence-electron chi connectivity index (χ0n) is 8.65. The van der Waals surface area contributed by atoms with Crippen molar-refractivity contribution in [3.8, 4) is 22.6 Å². The average molecular weight is 356 g/mol. The third-order valence-corrected chi connectivity index (χ3v) is 3.91. The molecule has 0 saturated carbocycles. The summed E-state index contributed by atoms with van der Waals surface area (Å²) >= 11 is 7.00. The van der Waals surface area contributed by atoms with Crippen molar-refractivity contribution in [2.75, 3.05) is 0 Å². The lowest BCUT2D eigenvalue weighted by atomic mass is 9.97. The second-order valence-electron chi connectivity index (χ2n) is 3.84. The Morgan fingerprint density at radius 2 is 1.76 bits per heavy atom. The molecule has 0 amide bonds. The number of alkyl halides is 2. The molecule has 1 heterocycles. The predicted octanol–water partition coefficient (Wildman–Crippen LogP) is 4.35. The van der Waals surface area contributed by atoms with E-state index in [1.165, 1.54) is 0 Å². The molecular weight excluding hydrogens is 348 g/mol. The van der Waals surface area contributed by atoms with Crippen LogP contribution in [0.5, 0.6) is 11.5 Å². The minimum Gasteiger partial charge on any atom is -0.508 e. The molecule has 4 heteroatoms. The summed E-state index contributed by atoms with van der Waals surface area (Å²) in [5.74, 6) is 0.844. The first-order valence-electron chi connectivity index (χ1n) is 5.08. The molecule has 0 bridgehead atoms. The van der Waals surface area contributed by atoms with Gasteiger partial charge in [0.05, 0.1) is 0 Å². The Morgan fingerprint density at radius 1 is 1.00 bits per heavy atom. The lowest BCUT2D eigenvalue weighted by molar-refractivity contribution is 0.270. The standard InChI is InChI=1S/C13H8Br2O2/c14-13(15)11-4-2-1-3-9(11)10-6-5-8(16)7-12(10)17-13/h1-7,16H. The Hall–Kier alpha value is -1.00. The van der Waals surface area contributed by atoms with Crippen LogP contribution in [0.4, 0.5) is 0 Å². The Morgan fingerprint density at radius 3 is 2.59 bits per heavy atom.